The van der Waals surface area contributed by atoms with Crippen molar-refractivity contribution in [2.75, 3.05) is 11.5 Å². The molecule has 3 aromatic carbocycles. The van der Waals surface area contributed by atoms with Crippen molar-refractivity contribution in [1.82, 2.24) is 0 Å². The number of nitro groups is 1. The fourth-order valence-electron chi connectivity index (χ4n) is 3.24. The quantitative estimate of drug-likeness (QED) is 0.224. The number of amides is 1. The topological polar surface area (TPSA) is 89.8 Å². The van der Waals surface area contributed by atoms with Gasteiger partial charge in [-0.15, -0.1) is 0 Å². The molecule has 170 valence electrons. The first-order chi connectivity index (χ1) is 15.7. The normalized spacial score (nSPS) is 10.5. The Bertz CT molecular complexity index is 1210. The first kappa shape index (κ1) is 24.2. The summed E-state index contributed by atoms with van der Waals surface area (Å²) in [5.41, 5.74) is 2.09. The van der Waals surface area contributed by atoms with E-state index in [0.717, 1.165) is 0 Å². The standard InChI is InChI=1S/C24H20Cl2N2O5/c1-3-33-24(30)16-5-9-20(10-6-16)27(14-18-4-8-19(25)13-21(18)26)23(29)17-7-11-22(28(31)32)15(2)12-17/h4-13H,3,14H2,1-2H3. The van der Waals surface area contributed by atoms with Crippen molar-refractivity contribution in [2.24, 2.45) is 0 Å². The van der Waals surface area contributed by atoms with Crippen molar-refractivity contribution in [1.29, 1.82) is 0 Å². The lowest BCUT2D eigenvalue weighted by Gasteiger charge is -2.24. The van der Waals surface area contributed by atoms with Gasteiger partial charge in [-0.3, -0.25) is 14.9 Å². The van der Waals surface area contributed by atoms with E-state index >= 15 is 0 Å². The molecule has 3 aromatic rings. The van der Waals surface area contributed by atoms with E-state index in [2.05, 4.69) is 0 Å². The summed E-state index contributed by atoms with van der Waals surface area (Å²) in [5, 5.41) is 12.0. The van der Waals surface area contributed by atoms with Crippen molar-refractivity contribution in [3.8, 4) is 0 Å². The van der Waals surface area contributed by atoms with Crippen LogP contribution in [0.5, 0.6) is 0 Å². The van der Waals surface area contributed by atoms with Crippen molar-refractivity contribution in [3.05, 3.63) is 103 Å². The molecule has 0 atom stereocenters. The highest BCUT2D eigenvalue weighted by molar-refractivity contribution is 6.35. The van der Waals surface area contributed by atoms with Crippen molar-refractivity contribution >= 4 is 46.5 Å². The van der Waals surface area contributed by atoms with Gasteiger partial charge in [-0.25, -0.2) is 4.79 Å². The molecule has 0 aliphatic heterocycles. The van der Waals surface area contributed by atoms with Gasteiger partial charge in [0.1, 0.15) is 0 Å². The third kappa shape index (κ3) is 5.69. The van der Waals surface area contributed by atoms with E-state index in [9.17, 15) is 19.7 Å². The van der Waals surface area contributed by atoms with Gasteiger partial charge < -0.3 is 9.64 Å². The largest absolute Gasteiger partial charge is 0.462 e. The van der Waals surface area contributed by atoms with Gasteiger partial charge in [-0.1, -0.05) is 29.3 Å². The summed E-state index contributed by atoms with van der Waals surface area (Å²) in [5.74, 6) is -0.850. The van der Waals surface area contributed by atoms with Crippen LogP contribution in [0.25, 0.3) is 0 Å². The van der Waals surface area contributed by atoms with Crippen LogP contribution in [0.15, 0.2) is 60.7 Å². The Balaban J connectivity index is 2.01. The molecule has 7 nitrogen and oxygen atoms in total. The zero-order valence-electron chi connectivity index (χ0n) is 17.9. The zero-order chi connectivity index (χ0) is 24.1. The maximum absolute atomic E-state index is 13.5. The second kappa shape index (κ2) is 10.5. The number of hydrogen-bond acceptors (Lipinski definition) is 5. The molecule has 1 amide bonds. The Kier molecular flexibility index (Phi) is 7.68. The smallest absolute Gasteiger partial charge is 0.338 e. The third-order valence-corrected chi connectivity index (χ3v) is 5.51. The van der Waals surface area contributed by atoms with E-state index in [-0.39, 0.29) is 30.3 Å². The van der Waals surface area contributed by atoms with E-state index in [1.165, 1.54) is 23.1 Å². The minimum Gasteiger partial charge on any atom is -0.462 e. The van der Waals surface area contributed by atoms with Crippen molar-refractivity contribution in [3.63, 3.8) is 0 Å². The second-order valence-corrected chi connectivity index (χ2v) is 8.00. The predicted molar refractivity (Wildman–Crippen MR) is 127 cm³/mol. The molecule has 0 unspecified atom stereocenters. The van der Waals surface area contributed by atoms with Crippen LogP contribution in [0.4, 0.5) is 11.4 Å². The average molecular weight is 487 g/mol. The van der Waals surface area contributed by atoms with Crippen LogP contribution >= 0.6 is 23.2 Å². The summed E-state index contributed by atoms with van der Waals surface area (Å²) >= 11 is 12.3. The highest BCUT2D eigenvalue weighted by atomic mass is 35.5. The van der Waals surface area contributed by atoms with Crippen molar-refractivity contribution in [2.45, 2.75) is 20.4 Å². The average Bonchev–Trinajstić information content (AvgIpc) is 2.78. The van der Waals surface area contributed by atoms with Gasteiger partial charge in [0.2, 0.25) is 0 Å². The molecule has 0 radical (unpaired) electrons. The molecule has 3 rings (SSSR count). The maximum atomic E-state index is 13.5. The van der Waals surface area contributed by atoms with Crippen LogP contribution in [-0.4, -0.2) is 23.4 Å². The molecular weight excluding hydrogens is 467 g/mol. The molecule has 0 fully saturated rings. The third-order valence-electron chi connectivity index (χ3n) is 4.92. The van der Waals surface area contributed by atoms with E-state index in [1.807, 2.05) is 0 Å². The van der Waals surface area contributed by atoms with Crippen molar-refractivity contribution < 1.29 is 19.2 Å². The first-order valence-electron chi connectivity index (χ1n) is 9.99. The van der Waals surface area contributed by atoms with Gasteiger partial charge in [-0.2, -0.15) is 0 Å². The Labute approximate surface area is 200 Å². The molecule has 0 heterocycles. The number of hydrogen-bond donors (Lipinski definition) is 0. The summed E-state index contributed by atoms with van der Waals surface area (Å²) in [6.07, 6.45) is 0. The minimum absolute atomic E-state index is 0.0716. The van der Waals surface area contributed by atoms with Gasteiger partial charge >= 0.3 is 5.97 Å². The number of ether oxygens (including phenoxy) is 1. The monoisotopic (exact) mass is 486 g/mol. The number of aryl methyl sites for hydroxylation is 1. The predicted octanol–water partition coefficient (Wildman–Crippen LogP) is 6.23. The van der Waals surface area contributed by atoms with E-state index < -0.39 is 10.9 Å². The molecule has 0 aliphatic rings. The van der Waals surface area contributed by atoms with Gasteiger partial charge in [0.25, 0.3) is 11.6 Å². The first-order valence-corrected chi connectivity index (χ1v) is 10.7. The van der Waals surface area contributed by atoms with Gasteiger partial charge in [0.15, 0.2) is 0 Å². The van der Waals surface area contributed by atoms with E-state index in [0.29, 0.717) is 32.4 Å². The van der Waals surface area contributed by atoms with Crippen LogP contribution in [-0.2, 0) is 11.3 Å². The molecule has 33 heavy (non-hydrogen) atoms. The number of halogens is 2. The number of anilines is 1. The SMILES string of the molecule is CCOC(=O)c1ccc(N(Cc2ccc(Cl)cc2Cl)C(=O)c2ccc([N+](=O)[O-])c(C)c2)cc1. The Morgan fingerprint density at radius 1 is 1.00 bits per heavy atom. The van der Waals surface area contributed by atoms with Gasteiger partial charge in [0, 0.05) is 32.9 Å². The lowest BCUT2D eigenvalue weighted by molar-refractivity contribution is -0.385. The molecule has 0 bridgehead atoms. The number of esters is 1. The number of nitro benzene ring substituents is 1. The molecule has 9 heteroatoms. The lowest BCUT2D eigenvalue weighted by atomic mass is 10.1. The minimum atomic E-state index is -0.497. The maximum Gasteiger partial charge on any atom is 0.338 e. The molecule has 0 N–H and O–H groups in total. The molecular formula is C24H20Cl2N2O5. The van der Waals surface area contributed by atoms with Crippen LogP contribution in [0.1, 0.15) is 38.8 Å². The molecule has 0 saturated heterocycles. The number of benzene rings is 3. The molecule has 0 saturated carbocycles. The summed E-state index contributed by atoms with van der Waals surface area (Å²) in [4.78, 5) is 37.6. The number of carbonyl (C=O) groups is 2. The van der Waals surface area contributed by atoms with Gasteiger partial charge in [0.05, 0.1) is 23.6 Å². The molecule has 0 aromatic heterocycles. The summed E-state index contributed by atoms with van der Waals surface area (Å²) in [7, 11) is 0. The van der Waals surface area contributed by atoms with Gasteiger partial charge in [-0.05, 0) is 67.9 Å². The van der Waals surface area contributed by atoms with Crippen LogP contribution in [0.3, 0.4) is 0 Å². The zero-order valence-corrected chi connectivity index (χ0v) is 19.4. The highest BCUT2D eigenvalue weighted by Gasteiger charge is 2.22. The lowest BCUT2D eigenvalue weighted by Crippen LogP contribution is -2.30. The summed E-state index contributed by atoms with van der Waals surface area (Å²) < 4.78 is 5.01. The van der Waals surface area contributed by atoms with E-state index in [1.54, 1.807) is 56.3 Å². The Hall–Kier alpha value is -3.42. The summed E-state index contributed by atoms with van der Waals surface area (Å²) in [6.45, 7) is 3.65. The molecule has 0 spiro atoms. The van der Waals surface area contributed by atoms with Crippen LogP contribution < -0.4 is 4.90 Å². The highest BCUT2D eigenvalue weighted by Crippen LogP contribution is 2.28. The number of carbonyl (C=O) groups excluding carboxylic acids is 2. The Morgan fingerprint density at radius 2 is 1.67 bits per heavy atom. The second-order valence-electron chi connectivity index (χ2n) is 7.15. The number of nitrogens with zero attached hydrogens (tertiary/aromatic N) is 2. The fraction of sp³-hybridized carbons (Fsp3) is 0.167. The fourth-order valence-corrected chi connectivity index (χ4v) is 3.71. The van der Waals surface area contributed by atoms with Crippen LogP contribution in [0, 0.1) is 17.0 Å². The Morgan fingerprint density at radius 3 is 2.24 bits per heavy atom. The number of rotatable bonds is 7. The van der Waals surface area contributed by atoms with E-state index in [4.69, 9.17) is 27.9 Å². The van der Waals surface area contributed by atoms with Crippen LogP contribution in [0.2, 0.25) is 10.0 Å². The molecule has 0 aliphatic carbocycles. The summed E-state index contributed by atoms with van der Waals surface area (Å²) in [6, 6.07) is 15.6.